The van der Waals surface area contributed by atoms with E-state index in [-0.39, 0.29) is 11.3 Å². The molecule has 162 valence electrons. The summed E-state index contributed by atoms with van der Waals surface area (Å²) in [6.45, 7) is 4.48. The van der Waals surface area contributed by atoms with Gasteiger partial charge < -0.3 is 15.5 Å². The second kappa shape index (κ2) is 8.14. The normalized spacial score (nSPS) is 32.8. The molecule has 4 saturated carbocycles. The Morgan fingerprint density at radius 2 is 1.67 bits per heavy atom. The van der Waals surface area contributed by atoms with Gasteiger partial charge in [-0.15, -0.1) is 0 Å². The molecule has 6 rings (SSSR count). The maximum atomic E-state index is 12.9. The van der Waals surface area contributed by atoms with Gasteiger partial charge in [0.1, 0.15) is 0 Å². The maximum absolute atomic E-state index is 12.9. The minimum Gasteiger partial charge on any atom is -0.370 e. The van der Waals surface area contributed by atoms with Crippen molar-refractivity contribution in [1.29, 1.82) is 0 Å². The van der Waals surface area contributed by atoms with Crippen molar-refractivity contribution in [2.75, 3.05) is 23.3 Å². The third kappa shape index (κ3) is 4.23. The summed E-state index contributed by atoms with van der Waals surface area (Å²) in [7, 11) is 0. The molecular formula is C25H35N3OS. The van der Waals surface area contributed by atoms with Crippen molar-refractivity contribution in [3.8, 4) is 0 Å². The molecule has 4 aliphatic carbocycles. The zero-order valence-corrected chi connectivity index (χ0v) is 19.0. The maximum Gasteiger partial charge on any atom is 0.226 e. The van der Waals surface area contributed by atoms with E-state index in [1.807, 2.05) is 6.07 Å². The molecule has 1 saturated heterocycles. The Bertz CT molecular complexity index is 779. The summed E-state index contributed by atoms with van der Waals surface area (Å²) >= 11 is 5.54. The predicted molar refractivity (Wildman–Crippen MR) is 127 cm³/mol. The van der Waals surface area contributed by atoms with E-state index in [1.54, 1.807) is 0 Å². The number of rotatable bonds is 4. The van der Waals surface area contributed by atoms with Gasteiger partial charge in [0.05, 0.1) is 11.4 Å². The Labute approximate surface area is 186 Å². The van der Waals surface area contributed by atoms with Gasteiger partial charge >= 0.3 is 0 Å². The van der Waals surface area contributed by atoms with Gasteiger partial charge in [-0.3, -0.25) is 4.79 Å². The number of nitrogens with one attached hydrogen (secondary N) is 2. The van der Waals surface area contributed by atoms with Gasteiger partial charge in [-0.05, 0) is 105 Å². The fraction of sp³-hybridized carbons (Fsp3) is 0.680. The Morgan fingerprint density at radius 1 is 1.07 bits per heavy atom. The molecule has 1 aliphatic heterocycles. The summed E-state index contributed by atoms with van der Waals surface area (Å²) in [6, 6.07) is 8.31. The van der Waals surface area contributed by atoms with Gasteiger partial charge in [-0.2, -0.15) is 0 Å². The van der Waals surface area contributed by atoms with Crippen molar-refractivity contribution in [2.45, 2.75) is 64.7 Å². The first-order chi connectivity index (χ1) is 14.5. The number of para-hydroxylation sites is 2. The van der Waals surface area contributed by atoms with Crippen LogP contribution in [0.2, 0.25) is 0 Å². The Hall–Kier alpha value is -1.62. The molecule has 0 aromatic heterocycles. The smallest absolute Gasteiger partial charge is 0.226 e. The monoisotopic (exact) mass is 425 g/mol. The molecule has 5 aliphatic rings. The number of hydrogen-bond acceptors (Lipinski definition) is 3. The fourth-order valence-electron chi connectivity index (χ4n) is 7.28. The quantitative estimate of drug-likeness (QED) is 0.639. The second-order valence-electron chi connectivity index (χ2n) is 10.8. The van der Waals surface area contributed by atoms with Crippen LogP contribution in [-0.2, 0) is 4.79 Å². The molecule has 30 heavy (non-hydrogen) atoms. The third-order valence-corrected chi connectivity index (χ3v) is 8.43. The predicted octanol–water partition coefficient (Wildman–Crippen LogP) is 5.34. The van der Waals surface area contributed by atoms with Crippen molar-refractivity contribution in [3.05, 3.63) is 24.3 Å². The molecule has 5 heteroatoms. The molecule has 0 unspecified atom stereocenters. The first-order valence-corrected chi connectivity index (χ1v) is 12.3. The van der Waals surface area contributed by atoms with Crippen LogP contribution in [0.1, 0.15) is 64.7 Å². The number of anilines is 2. The number of amides is 1. The van der Waals surface area contributed by atoms with E-state index >= 15 is 0 Å². The first-order valence-electron chi connectivity index (χ1n) is 11.9. The summed E-state index contributed by atoms with van der Waals surface area (Å²) in [6.07, 6.45) is 11.1. The highest BCUT2D eigenvalue weighted by molar-refractivity contribution is 7.80. The molecule has 0 atom stereocenters. The molecule has 1 aromatic carbocycles. The molecule has 5 fully saturated rings. The largest absolute Gasteiger partial charge is 0.370 e. The van der Waals surface area contributed by atoms with Gasteiger partial charge in [-0.1, -0.05) is 19.1 Å². The zero-order valence-electron chi connectivity index (χ0n) is 18.2. The lowest BCUT2D eigenvalue weighted by molar-refractivity contribution is -0.127. The molecule has 1 aromatic rings. The third-order valence-electron chi connectivity index (χ3n) is 8.23. The van der Waals surface area contributed by atoms with Crippen LogP contribution < -0.4 is 15.5 Å². The van der Waals surface area contributed by atoms with Gasteiger partial charge in [0.15, 0.2) is 5.11 Å². The highest BCUT2D eigenvalue weighted by atomic mass is 32.1. The van der Waals surface area contributed by atoms with Crippen molar-refractivity contribution in [3.63, 3.8) is 0 Å². The summed E-state index contributed by atoms with van der Waals surface area (Å²) in [5, 5.41) is 6.75. The van der Waals surface area contributed by atoms with Gasteiger partial charge in [-0.25, -0.2) is 0 Å². The van der Waals surface area contributed by atoms with Crippen LogP contribution in [0.25, 0.3) is 0 Å². The van der Waals surface area contributed by atoms with Gasteiger partial charge in [0.2, 0.25) is 5.91 Å². The number of benzene rings is 1. The Kier molecular flexibility index (Phi) is 5.51. The molecule has 1 amide bonds. The number of hydrogen-bond donors (Lipinski definition) is 2. The average molecular weight is 426 g/mol. The topological polar surface area (TPSA) is 44.4 Å². The summed E-state index contributed by atoms with van der Waals surface area (Å²) in [4.78, 5) is 15.3. The van der Waals surface area contributed by atoms with E-state index in [4.69, 9.17) is 12.2 Å². The number of piperidine rings is 1. The number of carbonyl (C=O) groups is 1. The van der Waals surface area contributed by atoms with Crippen LogP contribution >= 0.6 is 12.2 Å². The van der Waals surface area contributed by atoms with E-state index in [1.165, 1.54) is 57.1 Å². The van der Waals surface area contributed by atoms with Gasteiger partial charge in [0, 0.05) is 19.5 Å². The lowest BCUT2D eigenvalue weighted by atomic mass is 9.49. The van der Waals surface area contributed by atoms with Crippen molar-refractivity contribution < 1.29 is 4.79 Å². The second-order valence-corrected chi connectivity index (χ2v) is 11.2. The van der Waals surface area contributed by atoms with Crippen LogP contribution in [0.3, 0.4) is 0 Å². The standard InChI is InChI=1S/C25H35N3OS/c1-17-6-8-28(9-7-17)22-5-3-2-4-21(22)26-24(30)27-23(29)16-25-13-18-10-19(14-25)12-20(11-18)15-25/h2-5,17-20H,6-16H2,1H3,(H2,26,27,29,30). The summed E-state index contributed by atoms with van der Waals surface area (Å²) in [5.41, 5.74) is 2.42. The molecule has 4 nitrogen and oxygen atoms in total. The molecule has 0 spiro atoms. The van der Waals surface area contributed by atoms with E-state index in [0.717, 1.165) is 42.4 Å². The highest BCUT2D eigenvalue weighted by Crippen LogP contribution is 2.61. The molecule has 4 bridgehead atoms. The Morgan fingerprint density at radius 3 is 2.30 bits per heavy atom. The summed E-state index contributed by atoms with van der Waals surface area (Å²) in [5.74, 6) is 3.50. The number of carbonyl (C=O) groups excluding carboxylic acids is 1. The lowest BCUT2D eigenvalue weighted by Crippen LogP contribution is -2.48. The molecule has 2 N–H and O–H groups in total. The molecule has 1 heterocycles. The van der Waals surface area contributed by atoms with Crippen LogP contribution in [0.15, 0.2) is 24.3 Å². The van der Waals surface area contributed by atoms with Crippen LogP contribution in [-0.4, -0.2) is 24.1 Å². The molecular weight excluding hydrogens is 390 g/mol. The minimum atomic E-state index is 0.0960. The van der Waals surface area contributed by atoms with E-state index in [2.05, 4.69) is 40.7 Å². The first kappa shape index (κ1) is 20.3. The van der Waals surface area contributed by atoms with Crippen molar-refractivity contribution in [2.24, 2.45) is 29.1 Å². The fourth-order valence-corrected chi connectivity index (χ4v) is 7.50. The van der Waals surface area contributed by atoms with Crippen molar-refractivity contribution in [1.82, 2.24) is 5.32 Å². The van der Waals surface area contributed by atoms with E-state index in [9.17, 15) is 4.79 Å². The van der Waals surface area contributed by atoms with Crippen molar-refractivity contribution >= 4 is 34.6 Å². The molecule has 0 radical (unpaired) electrons. The van der Waals surface area contributed by atoms with Crippen LogP contribution in [0, 0.1) is 29.1 Å². The average Bonchev–Trinajstić information content (AvgIpc) is 2.67. The van der Waals surface area contributed by atoms with E-state index < -0.39 is 0 Å². The lowest BCUT2D eigenvalue weighted by Gasteiger charge is -2.56. The number of thiocarbonyl (C=S) groups is 1. The Balaban J connectivity index is 1.19. The highest BCUT2D eigenvalue weighted by Gasteiger charge is 2.51. The minimum absolute atomic E-state index is 0.0960. The van der Waals surface area contributed by atoms with Crippen LogP contribution in [0.5, 0.6) is 0 Å². The summed E-state index contributed by atoms with van der Waals surface area (Å²) < 4.78 is 0. The van der Waals surface area contributed by atoms with E-state index in [0.29, 0.717) is 11.5 Å². The zero-order chi connectivity index (χ0) is 20.7. The van der Waals surface area contributed by atoms with Crippen LogP contribution in [0.4, 0.5) is 11.4 Å². The SMILES string of the molecule is CC1CCN(c2ccccc2NC(=S)NC(=O)CC23CC4CC(CC(C4)C2)C3)CC1. The van der Waals surface area contributed by atoms with Gasteiger partial charge in [0.25, 0.3) is 0 Å². The number of nitrogens with zero attached hydrogens (tertiary/aromatic N) is 1.